The summed E-state index contributed by atoms with van der Waals surface area (Å²) in [7, 11) is 2.87. The first-order valence-electron chi connectivity index (χ1n) is 7.37. The van der Waals surface area contributed by atoms with E-state index in [0.29, 0.717) is 27.8 Å². The standard InChI is InChI=1S/C18H15ClN2O5/c1-24-15-8-14(16(25-2)7-13(15)19)21-17(22)10-26-18(23)12-5-3-4-11(6-12)9-20/h3-8H,10H2,1-2H3,(H,21,22). The monoisotopic (exact) mass is 374 g/mol. The zero-order valence-corrected chi connectivity index (χ0v) is 14.8. The summed E-state index contributed by atoms with van der Waals surface area (Å²) in [5.74, 6) is -0.597. The highest BCUT2D eigenvalue weighted by Gasteiger charge is 2.15. The van der Waals surface area contributed by atoms with Crippen molar-refractivity contribution in [3.8, 4) is 17.6 Å². The smallest absolute Gasteiger partial charge is 0.338 e. The van der Waals surface area contributed by atoms with Crippen LogP contribution in [0.3, 0.4) is 0 Å². The van der Waals surface area contributed by atoms with Gasteiger partial charge in [0.05, 0.1) is 42.1 Å². The van der Waals surface area contributed by atoms with Crippen LogP contribution in [0.15, 0.2) is 36.4 Å². The van der Waals surface area contributed by atoms with Crippen molar-refractivity contribution >= 4 is 29.2 Å². The van der Waals surface area contributed by atoms with Crippen molar-refractivity contribution in [1.29, 1.82) is 5.26 Å². The van der Waals surface area contributed by atoms with Gasteiger partial charge in [-0.2, -0.15) is 5.26 Å². The van der Waals surface area contributed by atoms with Gasteiger partial charge in [0.25, 0.3) is 5.91 Å². The molecule has 0 bridgehead atoms. The van der Waals surface area contributed by atoms with Crippen molar-refractivity contribution in [3.63, 3.8) is 0 Å². The van der Waals surface area contributed by atoms with Crippen molar-refractivity contribution < 1.29 is 23.8 Å². The number of ether oxygens (including phenoxy) is 3. The maximum Gasteiger partial charge on any atom is 0.338 e. The van der Waals surface area contributed by atoms with Crippen LogP contribution in [-0.2, 0) is 9.53 Å². The summed E-state index contributed by atoms with van der Waals surface area (Å²) < 4.78 is 15.2. The highest BCUT2D eigenvalue weighted by molar-refractivity contribution is 6.32. The lowest BCUT2D eigenvalue weighted by Gasteiger charge is -2.13. The van der Waals surface area contributed by atoms with Gasteiger partial charge in [0, 0.05) is 12.1 Å². The molecule has 0 saturated heterocycles. The van der Waals surface area contributed by atoms with E-state index in [1.54, 1.807) is 12.1 Å². The van der Waals surface area contributed by atoms with Crippen molar-refractivity contribution in [2.75, 3.05) is 26.1 Å². The van der Waals surface area contributed by atoms with Gasteiger partial charge in [0.2, 0.25) is 0 Å². The number of halogens is 1. The Balaban J connectivity index is 2.03. The number of methoxy groups -OCH3 is 2. The summed E-state index contributed by atoms with van der Waals surface area (Å²) in [5.41, 5.74) is 0.825. The molecule has 0 saturated carbocycles. The summed E-state index contributed by atoms with van der Waals surface area (Å²) in [4.78, 5) is 24.0. The van der Waals surface area contributed by atoms with Crippen molar-refractivity contribution in [3.05, 3.63) is 52.5 Å². The maximum atomic E-state index is 12.1. The van der Waals surface area contributed by atoms with E-state index in [1.165, 1.54) is 38.5 Å². The van der Waals surface area contributed by atoms with Gasteiger partial charge in [-0.25, -0.2) is 4.79 Å². The van der Waals surface area contributed by atoms with E-state index >= 15 is 0 Å². The first kappa shape index (κ1) is 19.1. The Labute approximate surface area is 155 Å². The number of hydrogen-bond donors (Lipinski definition) is 1. The zero-order chi connectivity index (χ0) is 19.1. The molecule has 0 atom stereocenters. The second-order valence-electron chi connectivity index (χ2n) is 5.00. The predicted octanol–water partition coefficient (Wildman–Crippen LogP) is 3.02. The molecule has 0 fully saturated rings. The van der Waals surface area contributed by atoms with Crippen molar-refractivity contribution in [2.45, 2.75) is 0 Å². The van der Waals surface area contributed by atoms with Crippen LogP contribution in [0.1, 0.15) is 15.9 Å². The first-order valence-corrected chi connectivity index (χ1v) is 7.75. The molecule has 0 unspecified atom stereocenters. The molecule has 0 radical (unpaired) electrons. The minimum atomic E-state index is -0.710. The molecule has 26 heavy (non-hydrogen) atoms. The van der Waals surface area contributed by atoms with Crippen LogP contribution in [0.25, 0.3) is 0 Å². The lowest BCUT2D eigenvalue weighted by molar-refractivity contribution is -0.119. The van der Waals surface area contributed by atoms with Gasteiger partial charge in [0.1, 0.15) is 11.5 Å². The van der Waals surface area contributed by atoms with E-state index in [-0.39, 0.29) is 5.56 Å². The Morgan fingerprint density at radius 3 is 2.54 bits per heavy atom. The number of anilines is 1. The summed E-state index contributed by atoms with van der Waals surface area (Å²) in [6.45, 7) is -0.510. The molecule has 134 valence electrons. The Bertz CT molecular complexity index is 876. The van der Waals surface area contributed by atoms with E-state index in [4.69, 9.17) is 31.1 Å². The number of rotatable bonds is 6. The van der Waals surface area contributed by atoms with Gasteiger partial charge in [-0.15, -0.1) is 0 Å². The molecule has 0 aromatic heterocycles. The Morgan fingerprint density at radius 1 is 1.15 bits per heavy atom. The maximum absolute atomic E-state index is 12.1. The Hall–Kier alpha value is -3.24. The summed E-state index contributed by atoms with van der Waals surface area (Å²) in [5, 5.41) is 11.7. The van der Waals surface area contributed by atoms with Crippen LogP contribution in [0.4, 0.5) is 5.69 Å². The zero-order valence-electron chi connectivity index (χ0n) is 14.0. The SMILES string of the molecule is COc1cc(NC(=O)COC(=O)c2cccc(C#N)c2)c(OC)cc1Cl. The molecule has 0 heterocycles. The molecular formula is C18H15ClN2O5. The van der Waals surface area contributed by atoms with Crippen molar-refractivity contribution in [2.24, 2.45) is 0 Å². The molecule has 7 nitrogen and oxygen atoms in total. The molecule has 1 N–H and O–H groups in total. The third kappa shape index (κ3) is 4.65. The van der Waals surface area contributed by atoms with Crippen molar-refractivity contribution in [1.82, 2.24) is 0 Å². The third-order valence-electron chi connectivity index (χ3n) is 3.31. The Morgan fingerprint density at radius 2 is 1.88 bits per heavy atom. The van der Waals surface area contributed by atoms with Gasteiger partial charge in [-0.3, -0.25) is 4.79 Å². The number of esters is 1. The van der Waals surface area contributed by atoms with E-state index in [9.17, 15) is 9.59 Å². The fourth-order valence-corrected chi connectivity index (χ4v) is 2.31. The molecule has 2 aromatic carbocycles. The third-order valence-corrected chi connectivity index (χ3v) is 3.61. The number of hydrogen-bond acceptors (Lipinski definition) is 6. The fourth-order valence-electron chi connectivity index (χ4n) is 2.07. The average Bonchev–Trinajstić information content (AvgIpc) is 2.67. The number of benzene rings is 2. The highest BCUT2D eigenvalue weighted by atomic mass is 35.5. The van der Waals surface area contributed by atoms with Gasteiger partial charge >= 0.3 is 5.97 Å². The van der Waals surface area contributed by atoms with E-state index in [0.717, 1.165) is 0 Å². The minimum absolute atomic E-state index is 0.183. The molecular weight excluding hydrogens is 360 g/mol. The highest BCUT2D eigenvalue weighted by Crippen LogP contribution is 2.35. The number of carbonyl (C=O) groups is 2. The molecule has 0 aliphatic rings. The molecule has 2 rings (SSSR count). The van der Waals surface area contributed by atoms with Crippen LogP contribution in [0.2, 0.25) is 5.02 Å². The molecule has 0 aliphatic carbocycles. The summed E-state index contributed by atoms with van der Waals surface area (Å²) in [6, 6.07) is 10.9. The Kier molecular flexibility index (Phi) is 6.42. The van der Waals surface area contributed by atoms with Gasteiger partial charge in [0.15, 0.2) is 6.61 Å². The number of nitrogens with zero attached hydrogens (tertiary/aromatic N) is 1. The van der Waals surface area contributed by atoms with Crippen LogP contribution < -0.4 is 14.8 Å². The van der Waals surface area contributed by atoms with E-state index in [2.05, 4.69) is 5.32 Å². The fraction of sp³-hybridized carbons (Fsp3) is 0.167. The van der Waals surface area contributed by atoms with Crippen LogP contribution >= 0.6 is 11.6 Å². The average molecular weight is 375 g/mol. The molecule has 8 heteroatoms. The number of nitriles is 1. The predicted molar refractivity (Wildman–Crippen MR) is 94.6 cm³/mol. The quantitative estimate of drug-likeness (QED) is 0.780. The summed E-state index contributed by atoms with van der Waals surface area (Å²) in [6.07, 6.45) is 0. The van der Waals surface area contributed by atoms with Crippen LogP contribution in [-0.4, -0.2) is 32.7 Å². The van der Waals surface area contributed by atoms with Gasteiger partial charge < -0.3 is 19.5 Å². The lowest BCUT2D eigenvalue weighted by Crippen LogP contribution is -2.21. The number of nitrogens with one attached hydrogen (secondary N) is 1. The topological polar surface area (TPSA) is 97.6 Å². The first-order chi connectivity index (χ1) is 12.5. The normalized spacial score (nSPS) is 9.77. The van der Waals surface area contributed by atoms with Crippen LogP contribution in [0.5, 0.6) is 11.5 Å². The molecule has 1 amide bonds. The van der Waals surface area contributed by atoms with Gasteiger partial charge in [-0.1, -0.05) is 17.7 Å². The van der Waals surface area contributed by atoms with Gasteiger partial charge in [-0.05, 0) is 18.2 Å². The molecule has 0 spiro atoms. The molecule has 2 aromatic rings. The second-order valence-corrected chi connectivity index (χ2v) is 5.41. The van der Waals surface area contributed by atoms with E-state index < -0.39 is 18.5 Å². The molecule has 0 aliphatic heterocycles. The second kappa shape index (κ2) is 8.74. The number of carbonyl (C=O) groups excluding carboxylic acids is 2. The number of amides is 1. The largest absolute Gasteiger partial charge is 0.495 e. The van der Waals surface area contributed by atoms with Crippen LogP contribution in [0, 0.1) is 11.3 Å². The summed E-state index contributed by atoms with van der Waals surface area (Å²) >= 11 is 6.00. The lowest BCUT2D eigenvalue weighted by atomic mass is 10.1. The minimum Gasteiger partial charge on any atom is -0.495 e. The van der Waals surface area contributed by atoms with E-state index in [1.807, 2.05) is 6.07 Å².